The summed E-state index contributed by atoms with van der Waals surface area (Å²) < 4.78 is 53.6. The topological polar surface area (TPSA) is 95.6 Å². The molecule has 3 aromatic carbocycles. The highest BCUT2D eigenvalue weighted by atomic mass is 32.2. The maximum absolute atomic E-state index is 13.4. The fourth-order valence-electron chi connectivity index (χ4n) is 3.83. The van der Waals surface area contributed by atoms with E-state index in [1.807, 2.05) is 30.3 Å². The van der Waals surface area contributed by atoms with Crippen molar-refractivity contribution in [2.24, 2.45) is 5.92 Å². The van der Waals surface area contributed by atoms with E-state index < -0.39 is 26.6 Å². The quantitative estimate of drug-likeness (QED) is 0.530. The van der Waals surface area contributed by atoms with Crippen molar-refractivity contribution >= 4 is 33.2 Å². The number of halogens is 2. The first-order chi connectivity index (χ1) is 16.7. The number of sulfonamides is 1. The molecule has 0 spiro atoms. The van der Waals surface area contributed by atoms with Crippen LogP contribution in [0.25, 0.3) is 0 Å². The number of piperidine rings is 1. The van der Waals surface area contributed by atoms with Crippen LogP contribution in [0.1, 0.15) is 23.2 Å². The van der Waals surface area contributed by atoms with E-state index in [0.717, 1.165) is 17.8 Å². The zero-order valence-electron chi connectivity index (χ0n) is 18.6. The van der Waals surface area contributed by atoms with E-state index in [1.54, 1.807) is 4.90 Å². The number of hydrogen-bond acceptors (Lipinski definition) is 4. The van der Waals surface area contributed by atoms with Gasteiger partial charge in [0.2, 0.25) is 5.91 Å². The molecule has 0 unspecified atom stereocenters. The van der Waals surface area contributed by atoms with Crippen LogP contribution in [0.15, 0.2) is 77.7 Å². The fourth-order valence-corrected chi connectivity index (χ4v) is 4.90. The van der Waals surface area contributed by atoms with E-state index in [-0.39, 0.29) is 23.4 Å². The summed E-state index contributed by atoms with van der Waals surface area (Å²) in [6, 6.07) is 17.3. The van der Waals surface area contributed by atoms with E-state index in [1.165, 1.54) is 24.3 Å². The van der Waals surface area contributed by atoms with Crippen molar-refractivity contribution in [2.45, 2.75) is 17.7 Å². The molecule has 0 aliphatic carbocycles. The molecule has 0 atom stereocenters. The lowest BCUT2D eigenvalue weighted by atomic mass is 9.95. The minimum Gasteiger partial charge on any atom is -0.339 e. The molecule has 182 valence electrons. The molecule has 1 saturated heterocycles. The number of likely N-dealkylation sites (tertiary alicyclic amines) is 1. The first kappa shape index (κ1) is 24.3. The molecule has 2 amide bonds. The van der Waals surface area contributed by atoms with E-state index in [2.05, 4.69) is 10.0 Å². The van der Waals surface area contributed by atoms with Crippen LogP contribution in [0.4, 0.5) is 20.2 Å². The number of benzene rings is 3. The van der Waals surface area contributed by atoms with Gasteiger partial charge >= 0.3 is 0 Å². The summed E-state index contributed by atoms with van der Waals surface area (Å²) in [6.45, 7) is 0.854. The van der Waals surface area contributed by atoms with Crippen LogP contribution >= 0.6 is 0 Å². The Morgan fingerprint density at radius 1 is 0.829 bits per heavy atom. The van der Waals surface area contributed by atoms with Crippen molar-refractivity contribution < 1.29 is 26.8 Å². The zero-order chi connectivity index (χ0) is 25.0. The number of carbonyl (C=O) groups is 2. The highest BCUT2D eigenvalue weighted by Gasteiger charge is 2.28. The number of nitrogens with zero attached hydrogens (tertiary/aromatic N) is 1. The number of anilines is 2. The van der Waals surface area contributed by atoms with Gasteiger partial charge in [0.15, 0.2) is 11.6 Å². The third kappa shape index (κ3) is 5.83. The van der Waals surface area contributed by atoms with Crippen LogP contribution in [0.2, 0.25) is 0 Å². The van der Waals surface area contributed by atoms with E-state index in [0.29, 0.717) is 37.6 Å². The van der Waals surface area contributed by atoms with Gasteiger partial charge in [-0.05, 0) is 67.4 Å². The van der Waals surface area contributed by atoms with Gasteiger partial charge in [-0.25, -0.2) is 17.2 Å². The molecule has 0 aromatic heterocycles. The Kier molecular flexibility index (Phi) is 7.11. The van der Waals surface area contributed by atoms with Gasteiger partial charge in [0.05, 0.1) is 4.90 Å². The Morgan fingerprint density at radius 3 is 2.11 bits per heavy atom. The van der Waals surface area contributed by atoms with Gasteiger partial charge < -0.3 is 10.2 Å². The van der Waals surface area contributed by atoms with Gasteiger partial charge in [-0.2, -0.15) is 0 Å². The smallest absolute Gasteiger partial charge is 0.261 e. The van der Waals surface area contributed by atoms with Gasteiger partial charge in [-0.15, -0.1) is 0 Å². The van der Waals surface area contributed by atoms with Crippen molar-refractivity contribution in [2.75, 3.05) is 23.1 Å². The number of amides is 2. The van der Waals surface area contributed by atoms with Crippen molar-refractivity contribution in [3.63, 3.8) is 0 Å². The maximum Gasteiger partial charge on any atom is 0.261 e. The molecule has 35 heavy (non-hydrogen) atoms. The molecule has 0 saturated carbocycles. The van der Waals surface area contributed by atoms with Crippen LogP contribution in [-0.4, -0.2) is 38.2 Å². The standard InChI is InChI=1S/C25H23F2N3O4S/c26-22-11-10-21(16-23(22)27)35(33,34)29-20-8-6-18(7-9-20)25(32)30-14-12-17(13-15-30)24(31)28-19-4-2-1-3-5-19/h1-11,16-17,29H,12-15H2,(H,28,31). The summed E-state index contributed by atoms with van der Waals surface area (Å²) in [7, 11) is -4.13. The molecular weight excluding hydrogens is 476 g/mol. The molecule has 3 aromatic rings. The minimum absolute atomic E-state index is 0.0685. The summed E-state index contributed by atoms with van der Waals surface area (Å²) >= 11 is 0. The highest BCUT2D eigenvalue weighted by molar-refractivity contribution is 7.92. The molecule has 2 N–H and O–H groups in total. The average Bonchev–Trinajstić information content (AvgIpc) is 2.86. The van der Waals surface area contributed by atoms with E-state index >= 15 is 0 Å². The molecule has 7 nitrogen and oxygen atoms in total. The SMILES string of the molecule is O=C(Nc1ccccc1)C1CCN(C(=O)c2ccc(NS(=O)(=O)c3ccc(F)c(F)c3)cc2)CC1. The van der Waals surface area contributed by atoms with Crippen LogP contribution in [0, 0.1) is 17.6 Å². The maximum atomic E-state index is 13.4. The van der Waals surface area contributed by atoms with Crippen LogP contribution < -0.4 is 10.0 Å². The van der Waals surface area contributed by atoms with Crippen molar-refractivity contribution in [1.29, 1.82) is 0 Å². The molecule has 4 rings (SSSR count). The number of hydrogen-bond donors (Lipinski definition) is 2. The normalized spacial score (nSPS) is 14.4. The number of para-hydroxylation sites is 1. The van der Waals surface area contributed by atoms with Gasteiger partial charge in [0, 0.05) is 35.9 Å². The monoisotopic (exact) mass is 499 g/mol. The Balaban J connectivity index is 1.33. The minimum atomic E-state index is -4.13. The second kappa shape index (κ2) is 10.2. The summed E-state index contributed by atoms with van der Waals surface area (Å²) in [5, 5.41) is 2.89. The highest BCUT2D eigenvalue weighted by Crippen LogP contribution is 2.23. The molecule has 1 heterocycles. The number of carbonyl (C=O) groups excluding carboxylic acids is 2. The second-order valence-corrected chi connectivity index (χ2v) is 9.86. The first-order valence-corrected chi connectivity index (χ1v) is 12.4. The number of rotatable bonds is 6. The van der Waals surface area contributed by atoms with Crippen LogP contribution in [-0.2, 0) is 14.8 Å². The van der Waals surface area contributed by atoms with Gasteiger partial charge in [-0.1, -0.05) is 18.2 Å². The van der Waals surface area contributed by atoms with Crippen molar-refractivity contribution in [1.82, 2.24) is 4.90 Å². The zero-order valence-corrected chi connectivity index (χ0v) is 19.4. The summed E-state index contributed by atoms with van der Waals surface area (Å²) in [5.74, 6) is -2.89. The Morgan fingerprint density at radius 2 is 1.49 bits per heavy atom. The van der Waals surface area contributed by atoms with Gasteiger partial charge in [0.1, 0.15) is 0 Å². The molecule has 1 aliphatic rings. The summed E-state index contributed by atoms with van der Waals surface area (Å²) in [6.07, 6.45) is 1.08. The molecule has 1 fully saturated rings. The van der Waals surface area contributed by atoms with Crippen LogP contribution in [0.5, 0.6) is 0 Å². The predicted octanol–water partition coefficient (Wildman–Crippen LogP) is 4.26. The fraction of sp³-hybridized carbons (Fsp3) is 0.200. The lowest BCUT2D eigenvalue weighted by Crippen LogP contribution is -2.41. The summed E-state index contributed by atoms with van der Waals surface area (Å²) in [4.78, 5) is 26.6. The third-order valence-corrected chi connectivity index (χ3v) is 7.16. The predicted molar refractivity (Wildman–Crippen MR) is 127 cm³/mol. The van der Waals surface area contributed by atoms with E-state index in [4.69, 9.17) is 0 Å². The van der Waals surface area contributed by atoms with Crippen molar-refractivity contribution in [3.8, 4) is 0 Å². The first-order valence-electron chi connectivity index (χ1n) is 11.0. The molecule has 0 radical (unpaired) electrons. The van der Waals surface area contributed by atoms with Crippen molar-refractivity contribution in [3.05, 3.63) is 90.0 Å². The third-order valence-electron chi connectivity index (χ3n) is 5.78. The Bertz CT molecular complexity index is 1320. The largest absolute Gasteiger partial charge is 0.339 e. The average molecular weight is 500 g/mol. The second-order valence-electron chi connectivity index (χ2n) is 8.18. The van der Waals surface area contributed by atoms with Gasteiger partial charge in [0.25, 0.3) is 15.9 Å². The molecule has 10 heteroatoms. The molecule has 1 aliphatic heterocycles. The lowest BCUT2D eigenvalue weighted by Gasteiger charge is -2.31. The Labute approximate surface area is 201 Å². The number of nitrogens with one attached hydrogen (secondary N) is 2. The molecule has 0 bridgehead atoms. The van der Waals surface area contributed by atoms with Crippen LogP contribution in [0.3, 0.4) is 0 Å². The summed E-state index contributed by atoms with van der Waals surface area (Å²) in [5.41, 5.74) is 1.27. The molecular formula is C25H23F2N3O4S. The van der Waals surface area contributed by atoms with Gasteiger partial charge in [-0.3, -0.25) is 14.3 Å². The lowest BCUT2D eigenvalue weighted by molar-refractivity contribution is -0.121. The van der Waals surface area contributed by atoms with E-state index in [9.17, 15) is 26.8 Å². The Hall–Kier alpha value is -3.79.